The molecule has 8 nitrogen and oxygen atoms in total. The summed E-state index contributed by atoms with van der Waals surface area (Å²) in [6, 6.07) is 19.9. The van der Waals surface area contributed by atoms with Crippen molar-refractivity contribution in [1.29, 1.82) is 0 Å². The summed E-state index contributed by atoms with van der Waals surface area (Å²) < 4.78 is 34.4. The molecule has 3 rings (SSSR count). The summed E-state index contributed by atoms with van der Waals surface area (Å²) in [5.41, 5.74) is 3.08. The molecule has 214 valence electrons. The van der Waals surface area contributed by atoms with Gasteiger partial charge in [-0.2, -0.15) is 0 Å². The minimum atomic E-state index is -4.12. The predicted octanol–water partition coefficient (Wildman–Crippen LogP) is 4.84. The Kier molecular flexibility index (Phi) is 10.7. The highest BCUT2D eigenvalue weighted by Crippen LogP contribution is 2.27. The quantitative estimate of drug-likeness (QED) is 0.320. The van der Waals surface area contributed by atoms with Crippen molar-refractivity contribution >= 4 is 27.5 Å². The third-order valence-electron chi connectivity index (χ3n) is 6.64. The van der Waals surface area contributed by atoms with Crippen LogP contribution in [0.3, 0.4) is 0 Å². The summed E-state index contributed by atoms with van der Waals surface area (Å²) >= 11 is 0. The maximum absolute atomic E-state index is 14.0. The first-order valence-electron chi connectivity index (χ1n) is 13.5. The molecular formula is C31H39N3O5S. The highest BCUT2D eigenvalue weighted by Gasteiger charge is 2.32. The lowest BCUT2D eigenvalue weighted by Gasteiger charge is -2.32. The van der Waals surface area contributed by atoms with Gasteiger partial charge in [0, 0.05) is 13.1 Å². The van der Waals surface area contributed by atoms with Gasteiger partial charge in [-0.15, -0.1) is 0 Å². The Hall–Kier alpha value is -3.85. The molecule has 0 saturated carbocycles. The Morgan fingerprint density at radius 2 is 1.57 bits per heavy atom. The number of nitrogens with zero attached hydrogens (tertiary/aromatic N) is 2. The molecular weight excluding hydrogens is 526 g/mol. The Labute approximate surface area is 238 Å². The number of amides is 2. The van der Waals surface area contributed by atoms with Crippen molar-refractivity contribution in [2.45, 2.75) is 58.5 Å². The van der Waals surface area contributed by atoms with Crippen LogP contribution in [0, 0.1) is 13.8 Å². The zero-order chi connectivity index (χ0) is 29.3. The second-order valence-electron chi connectivity index (χ2n) is 9.67. The van der Waals surface area contributed by atoms with Crippen molar-refractivity contribution < 1.29 is 22.7 Å². The standard InChI is InChI=1S/C31H39N3O5S/c1-6-20-32-31(36)25(5)33(21-26-11-9-8-10-24(26)4)30(35)22-34(27-14-16-28(17-15-27)39-7-2)40(37,38)29-18-12-23(3)13-19-29/h8-19,25H,6-7,20-22H2,1-5H3,(H,32,36). The van der Waals surface area contributed by atoms with Gasteiger partial charge in [0.25, 0.3) is 10.0 Å². The smallest absolute Gasteiger partial charge is 0.264 e. The Balaban J connectivity index is 2.03. The minimum Gasteiger partial charge on any atom is -0.494 e. The van der Waals surface area contributed by atoms with Crippen molar-refractivity contribution in [3.05, 3.63) is 89.5 Å². The third kappa shape index (κ3) is 7.63. The molecule has 3 aromatic rings. The molecule has 0 radical (unpaired) electrons. The van der Waals surface area contributed by atoms with Crippen LogP contribution in [0.15, 0.2) is 77.7 Å². The number of hydrogen-bond acceptors (Lipinski definition) is 5. The van der Waals surface area contributed by atoms with Crippen LogP contribution in [-0.2, 0) is 26.2 Å². The monoisotopic (exact) mass is 565 g/mol. The van der Waals surface area contributed by atoms with E-state index >= 15 is 0 Å². The van der Waals surface area contributed by atoms with Crippen LogP contribution in [0.4, 0.5) is 5.69 Å². The summed E-state index contributed by atoms with van der Waals surface area (Å²) in [5, 5.41) is 2.85. The molecule has 0 aliphatic heterocycles. The molecule has 0 bridgehead atoms. The number of hydrogen-bond donors (Lipinski definition) is 1. The van der Waals surface area contributed by atoms with Gasteiger partial charge in [-0.3, -0.25) is 13.9 Å². The molecule has 1 N–H and O–H groups in total. The van der Waals surface area contributed by atoms with Gasteiger partial charge in [-0.1, -0.05) is 48.9 Å². The van der Waals surface area contributed by atoms with E-state index in [4.69, 9.17) is 4.74 Å². The lowest BCUT2D eigenvalue weighted by Crippen LogP contribution is -2.51. The van der Waals surface area contributed by atoms with Crippen LogP contribution in [0.25, 0.3) is 0 Å². The van der Waals surface area contributed by atoms with Gasteiger partial charge in [-0.05, 0) is 81.6 Å². The number of anilines is 1. The van der Waals surface area contributed by atoms with E-state index < -0.39 is 28.5 Å². The van der Waals surface area contributed by atoms with Crippen LogP contribution in [0.2, 0.25) is 0 Å². The van der Waals surface area contributed by atoms with Gasteiger partial charge in [0.2, 0.25) is 11.8 Å². The highest BCUT2D eigenvalue weighted by molar-refractivity contribution is 7.92. The van der Waals surface area contributed by atoms with Gasteiger partial charge in [-0.25, -0.2) is 8.42 Å². The van der Waals surface area contributed by atoms with Gasteiger partial charge < -0.3 is 15.0 Å². The number of sulfonamides is 1. The van der Waals surface area contributed by atoms with Crippen molar-refractivity contribution in [3.63, 3.8) is 0 Å². The molecule has 0 aliphatic carbocycles. The zero-order valence-electron chi connectivity index (χ0n) is 23.9. The SMILES string of the molecule is CCCNC(=O)C(C)N(Cc1ccccc1C)C(=O)CN(c1ccc(OCC)cc1)S(=O)(=O)c1ccc(C)cc1. The molecule has 0 fully saturated rings. The Morgan fingerprint density at radius 1 is 0.925 bits per heavy atom. The number of nitrogens with one attached hydrogen (secondary N) is 1. The fourth-order valence-electron chi connectivity index (χ4n) is 4.19. The van der Waals surface area contributed by atoms with Gasteiger partial charge >= 0.3 is 0 Å². The number of ether oxygens (including phenoxy) is 1. The second kappa shape index (κ2) is 14.0. The summed E-state index contributed by atoms with van der Waals surface area (Å²) in [5.74, 6) is -0.197. The fraction of sp³-hybridized carbons (Fsp3) is 0.355. The molecule has 1 atom stereocenters. The first kappa shape index (κ1) is 30.7. The molecule has 0 saturated heterocycles. The number of benzene rings is 3. The molecule has 2 amide bonds. The van der Waals surface area contributed by atoms with Crippen molar-refractivity contribution in [2.24, 2.45) is 0 Å². The van der Waals surface area contributed by atoms with E-state index in [-0.39, 0.29) is 17.3 Å². The maximum Gasteiger partial charge on any atom is 0.264 e. The second-order valence-corrected chi connectivity index (χ2v) is 11.5. The van der Waals surface area contributed by atoms with Crippen molar-refractivity contribution in [2.75, 3.05) is 24.0 Å². The molecule has 3 aromatic carbocycles. The van der Waals surface area contributed by atoms with E-state index in [2.05, 4.69) is 5.32 Å². The topological polar surface area (TPSA) is 96.0 Å². The third-order valence-corrected chi connectivity index (χ3v) is 8.43. The zero-order valence-corrected chi connectivity index (χ0v) is 24.7. The molecule has 0 heterocycles. The lowest BCUT2D eigenvalue weighted by atomic mass is 10.1. The first-order valence-corrected chi connectivity index (χ1v) is 15.0. The van der Waals surface area contributed by atoms with Gasteiger partial charge in [0.15, 0.2) is 0 Å². The van der Waals surface area contributed by atoms with Crippen LogP contribution in [0.5, 0.6) is 5.75 Å². The summed E-state index contributed by atoms with van der Waals surface area (Å²) in [6.45, 7) is 9.91. The van der Waals surface area contributed by atoms with Crippen LogP contribution in [-0.4, -0.2) is 50.9 Å². The largest absolute Gasteiger partial charge is 0.494 e. The van der Waals surface area contributed by atoms with Crippen LogP contribution in [0.1, 0.15) is 43.9 Å². The molecule has 0 aromatic heterocycles. The number of rotatable bonds is 13. The number of carbonyl (C=O) groups excluding carboxylic acids is 2. The molecule has 40 heavy (non-hydrogen) atoms. The molecule has 9 heteroatoms. The first-order chi connectivity index (χ1) is 19.1. The van der Waals surface area contributed by atoms with E-state index in [0.29, 0.717) is 24.6 Å². The molecule has 0 aliphatic rings. The van der Waals surface area contributed by atoms with E-state index in [9.17, 15) is 18.0 Å². The fourth-order valence-corrected chi connectivity index (χ4v) is 5.61. The number of carbonyl (C=O) groups is 2. The van der Waals surface area contributed by atoms with E-state index in [1.165, 1.54) is 17.0 Å². The Bertz CT molecular complexity index is 1390. The summed E-state index contributed by atoms with van der Waals surface area (Å²) in [7, 11) is -4.12. The summed E-state index contributed by atoms with van der Waals surface area (Å²) in [4.78, 5) is 28.5. The van der Waals surface area contributed by atoms with Crippen molar-refractivity contribution in [1.82, 2.24) is 10.2 Å². The average Bonchev–Trinajstić information content (AvgIpc) is 2.94. The van der Waals surface area contributed by atoms with Crippen molar-refractivity contribution in [3.8, 4) is 5.75 Å². The number of aryl methyl sites for hydroxylation is 2. The molecule has 1 unspecified atom stereocenters. The van der Waals surface area contributed by atoms with E-state index in [0.717, 1.165) is 27.4 Å². The average molecular weight is 566 g/mol. The van der Waals surface area contributed by atoms with Crippen LogP contribution >= 0.6 is 0 Å². The lowest BCUT2D eigenvalue weighted by molar-refractivity contribution is -0.139. The van der Waals surface area contributed by atoms with Gasteiger partial charge in [0.05, 0.1) is 17.2 Å². The van der Waals surface area contributed by atoms with Crippen LogP contribution < -0.4 is 14.4 Å². The van der Waals surface area contributed by atoms with E-state index in [1.807, 2.05) is 52.0 Å². The maximum atomic E-state index is 14.0. The summed E-state index contributed by atoms with van der Waals surface area (Å²) in [6.07, 6.45) is 0.754. The molecule has 0 spiro atoms. The van der Waals surface area contributed by atoms with Gasteiger partial charge in [0.1, 0.15) is 18.3 Å². The van der Waals surface area contributed by atoms with E-state index in [1.54, 1.807) is 43.3 Å². The highest BCUT2D eigenvalue weighted by atomic mass is 32.2. The normalized spacial score (nSPS) is 11.9. The predicted molar refractivity (Wildman–Crippen MR) is 158 cm³/mol. The Morgan fingerprint density at radius 3 is 2.17 bits per heavy atom. The minimum absolute atomic E-state index is 0.0685.